The van der Waals surface area contributed by atoms with Crippen molar-refractivity contribution >= 4 is 15.0 Å². The van der Waals surface area contributed by atoms with Crippen molar-refractivity contribution in [3.05, 3.63) is 52.4 Å². The van der Waals surface area contributed by atoms with Gasteiger partial charge in [-0.3, -0.25) is 0 Å². The Morgan fingerprint density at radius 2 is 0.774 bits per heavy atom. The fourth-order valence-electron chi connectivity index (χ4n) is 2.83. The standard InChI is InChI=1S/C15H12F9GeN6/c1-7-4-10(13(16,17)18)29(26-7)25(30-11(14(19,20)21)5-8(2)27-30)31-12(15(22,23)24)6-9(3)28-31/h4-6H,1-3H3. The van der Waals surface area contributed by atoms with Crippen molar-refractivity contribution < 1.29 is 39.5 Å². The van der Waals surface area contributed by atoms with E-state index in [0.29, 0.717) is 18.2 Å². The van der Waals surface area contributed by atoms with Crippen molar-refractivity contribution in [1.29, 1.82) is 0 Å². The van der Waals surface area contributed by atoms with Crippen molar-refractivity contribution in [2.45, 2.75) is 39.3 Å². The number of hydrogen-bond acceptors (Lipinski definition) is 3. The topological polar surface area (TPSA) is 53.5 Å². The molecule has 3 heterocycles. The second kappa shape index (κ2) is 7.30. The quantitative estimate of drug-likeness (QED) is 0.385. The first-order chi connectivity index (χ1) is 14.0. The monoisotopic (exact) mass is 521 g/mol. The predicted octanol–water partition coefficient (Wildman–Crippen LogP) is 4.19. The van der Waals surface area contributed by atoms with Gasteiger partial charge in [0.05, 0.1) is 0 Å². The van der Waals surface area contributed by atoms with Gasteiger partial charge < -0.3 is 0 Å². The van der Waals surface area contributed by atoms with Crippen LogP contribution in [0.2, 0.25) is 0 Å². The fraction of sp³-hybridized carbons (Fsp3) is 0.400. The van der Waals surface area contributed by atoms with Crippen LogP contribution in [-0.4, -0.2) is 41.2 Å². The van der Waals surface area contributed by atoms with Crippen LogP contribution in [0, 0.1) is 20.8 Å². The Labute approximate surface area is 173 Å². The molecule has 0 aliphatic carbocycles. The third kappa shape index (κ3) is 4.45. The number of aryl methyl sites for hydroxylation is 3. The van der Waals surface area contributed by atoms with Crippen molar-refractivity contribution in [2.24, 2.45) is 0 Å². The molecule has 0 spiro atoms. The van der Waals surface area contributed by atoms with Gasteiger partial charge in [-0.15, -0.1) is 0 Å². The molecule has 3 aromatic rings. The summed E-state index contributed by atoms with van der Waals surface area (Å²) in [7, 11) is 0. The molecule has 31 heavy (non-hydrogen) atoms. The second-order valence-electron chi connectivity index (χ2n) is 6.54. The van der Waals surface area contributed by atoms with Crippen LogP contribution in [0.5, 0.6) is 0 Å². The SMILES string of the molecule is Cc1cc(C(F)(F)F)[n]([Ge]([n]2nc(C)cc2C(F)(F)F)[n]2nc(C)cc2C(F)(F)F)n1. The maximum absolute atomic E-state index is 13.6. The van der Waals surface area contributed by atoms with Gasteiger partial charge in [-0.2, -0.15) is 0 Å². The molecule has 6 nitrogen and oxygen atoms in total. The van der Waals surface area contributed by atoms with Crippen LogP contribution in [0.1, 0.15) is 34.2 Å². The summed E-state index contributed by atoms with van der Waals surface area (Å²) in [5, 5.41) is 10.8. The van der Waals surface area contributed by atoms with Crippen LogP contribution >= 0.6 is 0 Å². The molecule has 0 bridgehead atoms. The molecule has 0 saturated carbocycles. The van der Waals surface area contributed by atoms with Gasteiger partial charge in [0.2, 0.25) is 0 Å². The molecule has 0 fully saturated rings. The first kappa shape index (κ1) is 23.2. The number of hydrogen-bond donors (Lipinski definition) is 0. The van der Waals surface area contributed by atoms with E-state index < -0.39 is 50.6 Å². The van der Waals surface area contributed by atoms with E-state index in [1.165, 1.54) is 0 Å². The van der Waals surface area contributed by atoms with Gasteiger partial charge in [-0.05, 0) is 0 Å². The van der Waals surface area contributed by atoms with E-state index in [1.807, 2.05) is 0 Å². The molecule has 0 aliphatic heterocycles. The zero-order valence-corrected chi connectivity index (χ0v) is 17.9. The number of alkyl halides is 9. The fourth-order valence-corrected chi connectivity index (χ4v) is 8.08. The van der Waals surface area contributed by atoms with Gasteiger partial charge in [0.1, 0.15) is 0 Å². The molecule has 16 heteroatoms. The third-order valence-electron chi connectivity index (χ3n) is 3.93. The predicted molar refractivity (Wildman–Crippen MR) is 87.8 cm³/mol. The number of nitrogens with zero attached hydrogens (tertiary/aromatic N) is 6. The summed E-state index contributed by atoms with van der Waals surface area (Å²) < 4.78 is 123. The Morgan fingerprint density at radius 3 is 0.968 bits per heavy atom. The van der Waals surface area contributed by atoms with E-state index in [4.69, 9.17) is 0 Å². The van der Waals surface area contributed by atoms with E-state index in [1.54, 1.807) is 0 Å². The molecular weight excluding hydrogens is 508 g/mol. The second-order valence-corrected chi connectivity index (χ2v) is 10.5. The molecule has 0 atom stereocenters. The van der Waals surface area contributed by atoms with Crippen LogP contribution in [0.4, 0.5) is 39.5 Å². The summed E-state index contributed by atoms with van der Waals surface area (Å²) in [6, 6.07) is 1.63. The van der Waals surface area contributed by atoms with Crippen molar-refractivity contribution in [3.8, 4) is 0 Å². The van der Waals surface area contributed by atoms with E-state index >= 15 is 0 Å². The minimum absolute atomic E-state index is 0.165. The Bertz CT molecular complexity index is 964. The van der Waals surface area contributed by atoms with Crippen LogP contribution in [0.25, 0.3) is 0 Å². The summed E-state index contributed by atoms with van der Waals surface area (Å²) >= 11 is -4.79. The molecule has 0 aromatic carbocycles. The summed E-state index contributed by atoms with van der Waals surface area (Å²) in [4.78, 5) is 0. The van der Waals surface area contributed by atoms with E-state index in [0.717, 1.165) is 20.8 Å². The van der Waals surface area contributed by atoms with Crippen LogP contribution < -0.4 is 0 Å². The average Bonchev–Trinajstić information content (AvgIpc) is 3.24. The van der Waals surface area contributed by atoms with Crippen molar-refractivity contribution in [2.75, 3.05) is 0 Å². The third-order valence-corrected chi connectivity index (χ3v) is 8.46. The summed E-state index contributed by atoms with van der Waals surface area (Å²) in [5.74, 6) is 0. The van der Waals surface area contributed by atoms with Crippen LogP contribution in [0.3, 0.4) is 0 Å². The molecular formula is C15H12F9GeN6. The zero-order chi connectivity index (χ0) is 23.5. The Balaban J connectivity index is 2.43. The minimum atomic E-state index is -5.10. The maximum atomic E-state index is 13.6. The molecule has 0 amide bonds. The molecule has 3 rings (SSSR count). The normalized spacial score (nSPS) is 13.5. The summed E-state index contributed by atoms with van der Waals surface area (Å²) in [5.41, 5.74) is -5.22. The van der Waals surface area contributed by atoms with Crippen molar-refractivity contribution in [3.63, 3.8) is 0 Å². The molecule has 0 aliphatic rings. The van der Waals surface area contributed by atoms with Gasteiger partial charge in [0.25, 0.3) is 0 Å². The molecule has 0 unspecified atom stereocenters. The number of halogens is 9. The average molecular weight is 520 g/mol. The first-order valence-electron chi connectivity index (χ1n) is 8.30. The van der Waals surface area contributed by atoms with E-state index in [-0.39, 0.29) is 28.0 Å². The van der Waals surface area contributed by atoms with E-state index in [2.05, 4.69) is 15.3 Å². The number of aromatic nitrogens is 6. The van der Waals surface area contributed by atoms with Crippen LogP contribution in [0.15, 0.2) is 18.2 Å². The van der Waals surface area contributed by atoms with Gasteiger partial charge in [-0.25, -0.2) is 0 Å². The molecule has 0 N–H and O–H groups in total. The Hall–Kier alpha value is -2.46. The molecule has 0 saturated heterocycles. The first-order valence-corrected chi connectivity index (χ1v) is 11.1. The Morgan fingerprint density at radius 1 is 0.548 bits per heavy atom. The van der Waals surface area contributed by atoms with Crippen LogP contribution in [-0.2, 0) is 18.5 Å². The summed E-state index contributed by atoms with van der Waals surface area (Å²) in [6.07, 6.45) is -15.3. The summed E-state index contributed by atoms with van der Waals surface area (Å²) in [6.45, 7) is 3.42. The zero-order valence-electron chi connectivity index (χ0n) is 15.8. The van der Waals surface area contributed by atoms with Gasteiger partial charge in [-0.1, -0.05) is 0 Å². The molecule has 169 valence electrons. The van der Waals surface area contributed by atoms with Gasteiger partial charge in [0.15, 0.2) is 0 Å². The molecule has 1 radical (unpaired) electrons. The Kier molecular flexibility index (Phi) is 5.47. The van der Waals surface area contributed by atoms with E-state index in [9.17, 15) is 39.5 Å². The number of rotatable bonds is 3. The molecule has 3 aromatic heterocycles. The van der Waals surface area contributed by atoms with Gasteiger partial charge >= 0.3 is 172 Å². The van der Waals surface area contributed by atoms with Crippen molar-refractivity contribution in [1.82, 2.24) is 26.2 Å². The van der Waals surface area contributed by atoms with Gasteiger partial charge in [0, 0.05) is 0 Å².